The Hall–Kier alpha value is -0.870. The van der Waals surface area contributed by atoms with Gasteiger partial charge in [-0.1, -0.05) is 6.58 Å². The smallest absolute Gasteiger partial charge is 0.330 e. The van der Waals surface area contributed by atoms with Crippen LogP contribution in [0.15, 0.2) is 12.2 Å². The first-order valence-electron chi connectivity index (χ1n) is 3.57. The predicted molar refractivity (Wildman–Crippen MR) is 44.1 cm³/mol. The molecule has 1 aliphatic rings. The largest absolute Gasteiger partial charge is 0.478 e. The Kier molecular flexibility index (Phi) is 5.32. The van der Waals surface area contributed by atoms with Crippen molar-refractivity contribution >= 4 is 5.97 Å². The van der Waals surface area contributed by atoms with Gasteiger partial charge in [-0.2, -0.15) is 0 Å². The van der Waals surface area contributed by atoms with Gasteiger partial charge >= 0.3 is 5.97 Å². The molecule has 0 radical (unpaired) electrons. The maximum absolute atomic E-state index is 9.60. The minimum absolute atomic E-state index is 0.176. The summed E-state index contributed by atoms with van der Waals surface area (Å²) in [6, 6.07) is 0. The predicted octanol–water partition coefficient (Wildman–Crippen LogP) is 0.679. The van der Waals surface area contributed by atoms with Crippen molar-refractivity contribution in [2.75, 3.05) is 20.3 Å². The van der Waals surface area contributed by atoms with Gasteiger partial charge in [0.2, 0.25) is 0 Å². The second-order valence-corrected chi connectivity index (χ2v) is 2.50. The van der Waals surface area contributed by atoms with Crippen molar-refractivity contribution in [2.24, 2.45) is 0 Å². The average Bonchev–Trinajstić information content (AvgIpc) is 2.73. The Labute approximate surface area is 71.8 Å². The van der Waals surface area contributed by atoms with Crippen LogP contribution in [0.25, 0.3) is 0 Å². The third-order valence-corrected chi connectivity index (χ3v) is 1.12. The van der Waals surface area contributed by atoms with Gasteiger partial charge in [-0.3, -0.25) is 0 Å². The lowest BCUT2D eigenvalue weighted by molar-refractivity contribution is -0.132. The number of aliphatic carboxylic acids is 1. The highest BCUT2D eigenvalue weighted by Crippen LogP contribution is 2.06. The molecule has 0 bridgehead atoms. The topological polar surface area (TPSA) is 59.1 Å². The van der Waals surface area contributed by atoms with Crippen LogP contribution in [-0.2, 0) is 14.3 Å². The number of rotatable bonds is 3. The van der Waals surface area contributed by atoms with Gasteiger partial charge in [0.25, 0.3) is 0 Å². The van der Waals surface area contributed by atoms with Crippen LogP contribution in [-0.4, -0.2) is 37.5 Å². The molecule has 70 valence electrons. The molecule has 1 rings (SSSR count). The van der Waals surface area contributed by atoms with Crippen molar-refractivity contribution in [3.63, 3.8) is 0 Å². The Balaban J connectivity index is 0.000000202. The number of methoxy groups -OCH3 is 1. The van der Waals surface area contributed by atoms with Crippen LogP contribution in [0.1, 0.15) is 6.92 Å². The molecule has 0 saturated carbocycles. The van der Waals surface area contributed by atoms with E-state index < -0.39 is 5.97 Å². The van der Waals surface area contributed by atoms with Crippen molar-refractivity contribution in [1.29, 1.82) is 0 Å². The van der Waals surface area contributed by atoms with Crippen molar-refractivity contribution in [1.82, 2.24) is 0 Å². The molecule has 1 aliphatic heterocycles. The number of epoxide rings is 1. The summed E-state index contributed by atoms with van der Waals surface area (Å²) >= 11 is 0. The molecule has 1 fully saturated rings. The first-order valence-corrected chi connectivity index (χ1v) is 3.57. The molecule has 1 N–H and O–H groups in total. The second kappa shape index (κ2) is 5.74. The highest BCUT2D eigenvalue weighted by atomic mass is 16.6. The SMILES string of the molecule is C=C(C)C(=O)O.COCC1CO1. The molecule has 0 aromatic rings. The van der Waals surface area contributed by atoms with Crippen molar-refractivity contribution in [3.8, 4) is 0 Å². The molecule has 4 nitrogen and oxygen atoms in total. The van der Waals surface area contributed by atoms with Gasteiger partial charge in [0, 0.05) is 12.7 Å². The minimum Gasteiger partial charge on any atom is -0.478 e. The number of ether oxygens (including phenoxy) is 2. The van der Waals surface area contributed by atoms with E-state index in [0.29, 0.717) is 6.10 Å². The third kappa shape index (κ3) is 7.24. The van der Waals surface area contributed by atoms with E-state index in [1.807, 2.05) is 0 Å². The highest BCUT2D eigenvalue weighted by molar-refractivity contribution is 5.84. The molecule has 1 unspecified atom stereocenters. The van der Waals surface area contributed by atoms with Crippen LogP contribution >= 0.6 is 0 Å². The van der Waals surface area contributed by atoms with Crippen LogP contribution in [0.5, 0.6) is 0 Å². The Morgan fingerprint density at radius 3 is 2.33 bits per heavy atom. The standard InChI is InChI=1S/C4H8O2.C4H6O2/c1-5-2-4-3-6-4;1-3(2)4(5)6/h4H,2-3H2,1H3;1H2,2H3,(H,5,6). The summed E-state index contributed by atoms with van der Waals surface area (Å²) in [5.74, 6) is -0.935. The lowest BCUT2D eigenvalue weighted by atomic mass is 10.4. The summed E-state index contributed by atoms with van der Waals surface area (Å²) in [7, 11) is 1.68. The zero-order valence-electron chi connectivity index (χ0n) is 7.37. The summed E-state index contributed by atoms with van der Waals surface area (Å²) in [6.07, 6.45) is 0.426. The Morgan fingerprint density at radius 2 is 2.25 bits per heavy atom. The second-order valence-electron chi connectivity index (χ2n) is 2.50. The third-order valence-electron chi connectivity index (χ3n) is 1.12. The molecule has 0 aromatic heterocycles. The lowest BCUT2D eigenvalue weighted by Crippen LogP contribution is -1.94. The Morgan fingerprint density at radius 1 is 1.83 bits per heavy atom. The van der Waals surface area contributed by atoms with Gasteiger partial charge in [-0.15, -0.1) is 0 Å². The number of carboxylic acids is 1. The maximum atomic E-state index is 9.60. The van der Waals surface area contributed by atoms with Crippen molar-refractivity contribution < 1.29 is 19.4 Å². The van der Waals surface area contributed by atoms with Crippen LogP contribution in [0, 0.1) is 0 Å². The average molecular weight is 174 g/mol. The molecule has 0 amide bonds. The number of carbonyl (C=O) groups is 1. The summed E-state index contributed by atoms with van der Waals surface area (Å²) in [6.45, 7) is 6.26. The zero-order chi connectivity index (χ0) is 9.56. The van der Waals surface area contributed by atoms with Crippen molar-refractivity contribution in [3.05, 3.63) is 12.2 Å². The van der Waals surface area contributed by atoms with Gasteiger partial charge in [-0.05, 0) is 6.92 Å². The van der Waals surface area contributed by atoms with Crippen LogP contribution in [0.3, 0.4) is 0 Å². The van der Waals surface area contributed by atoms with Crippen molar-refractivity contribution in [2.45, 2.75) is 13.0 Å². The van der Waals surface area contributed by atoms with Gasteiger partial charge in [0.15, 0.2) is 0 Å². The quantitative estimate of drug-likeness (QED) is 0.505. The molecule has 4 heteroatoms. The molecule has 0 aliphatic carbocycles. The van der Waals surface area contributed by atoms with E-state index >= 15 is 0 Å². The van der Waals surface area contributed by atoms with E-state index in [1.165, 1.54) is 6.92 Å². The summed E-state index contributed by atoms with van der Waals surface area (Å²) < 4.78 is 9.56. The zero-order valence-corrected chi connectivity index (χ0v) is 7.37. The molecular formula is C8H14O4. The molecule has 1 atom stereocenters. The highest BCUT2D eigenvalue weighted by Gasteiger charge is 2.21. The van der Waals surface area contributed by atoms with Gasteiger partial charge in [-0.25, -0.2) is 4.79 Å². The molecule has 0 aromatic carbocycles. The lowest BCUT2D eigenvalue weighted by Gasteiger charge is -1.84. The van der Waals surface area contributed by atoms with E-state index in [-0.39, 0.29) is 5.57 Å². The van der Waals surface area contributed by atoms with Crippen LogP contribution in [0.4, 0.5) is 0 Å². The number of hydrogen-bond donors (Lipinski definition) is 1. The van der Waals surface area contributed by atoms with Gasteiger partial charge < -0.3 is 14.6 Å². The summed E-state index contributed by atoms with van der Waals surface area (Å²) in [5.41, 5.74) is 0.176. The molecule has 1 heterocycles. The maximum Gasteiger partial charge on any atom is 0.330 e. The van der Waals surface area contributed by atoms with E-state index in [2.05, 4.69) is 6.58 Å². The summed E-state index contributed by atoms with van der Waals surface area (Å²) in [5, 5.41) is 7.89. The van der Waals surface area contributed by atoms with E-state index in [0.717, 1.165) is 13.2 Å². The van der Waals surface area contributed by atoms with E-state index in [9.17, 15) is 4.79 Å². The minimum atomic E-state index is -0.935. The molecular weight excluding hydrogens is 160 g/mol. The fourth-order valence-corrected chi connectivity index (χ4v) is 0.350. The van der Waals surface area contributed by atoms with Crippen LogP contribution < -0.4 is 0 Å². The summed E-state index contributed by atoms with van der Waals surface area (Å²) in [4.78, 5) is 9.60. The number of hydrogen-bond acceptors (Lipinski definition) is 3. The first-order chi connectivity index (χ1) is 5.57. The van der Waals surface area contributed by atoms with E-state index in [1.54, 1.807) is 7.11 Å². The van der Waals surface area contributed by atoms with Crippen LogP contribution in [0.2, 0.25) is 0 Å². The molecule has 12 heavy (non-hydrogen) atoms. The van der Waals surface area contributed by atoms with Gasteiger partial charge in [0.05, 0.1) is 13.2 Å². The fourth-order valence-electron chi connectivity index (χ4n) is 0.350. The molecule has 1 saturated heterocycles. The monoisotopic (exact) mass is 174 g/mol. The fraction of sp³-hybridized carbons (Fsp3) is 0.625. The number of carboxylic acid groups (broad SMARTS) is 1. The van der Waals surface area contributed by atoms with E-state index in [4.69, 9.17) is 14.6 Å². The Bertz CT molecular complexity index is 148. The van der Waals surface area contributed by atoms with Gasteiger partial charge in [0.1, 0.15) is 6.10 Å². The molecule has 0 spiro atoms. The first kappa shape index (κ1) is 11.1. The normalized spacial score (nSPS) is 19.0.